The van der Waals surface area contributed by atoms with Gasteiger partial charge in [-0.2, -0.15) is 0 Å². The number of amides is 3. The number of rotatable bonds is 8. The molecule has 2 fully saturated rings. The molecule has 0 aromatic heterocycles. The van der Waals surface area contributed by atoms with Gasteiger partial charge in [0.25, 0.3) is 0 Å². The number of carbonyl (C=O) groups is 3. The van der Waals surface area contributed by atoms with Crippen molar-refractivity contribution in [2.24, 2.45) is 11.8 Å². The summed E-state index contributed by atoms with van der Waals surface area (Å²) in [5.41, 5.74) is -1.35. The van der Waals surface area contributed by atoms with Crippen LogP contribution >= 0.6 is 0 Å². The SMILES string of the molecule is CCCC(C)N1CC=C[C@]23O[C@]4(C)C=CCN(Cc5ccccc5)C(=O)[C@@H]4[C@H]2C(=O)N([C@@H](CC)CO)C3C1=O. The van der Waals surface area contributed by atoms with Gasteiger partial charge in [-0.1, -0.05) is 74.9 Å². The molecule has 2 saturated heterocycles. The fourth-order valence-corrected chi connectivity index (χ4v) is 7.25. The minimum absolute atomic E-state index is 0.0159. The van der Waals surface area contributed by atoms with E-state index in [2.05, 4.69) is 6.92 Å². The summed E-state index contributed by atoms with van der Waals surface area (Å²) in [6.07, 6.45) is 9.91. The number of aliphatic hydroxyl groups is 1. The van der Waals surface area contributed by atoms with Crippen molar-refractivity contribution < 1.29 is 24.2 Å². The van der Waals surface area contributed by atoms with E-state index in [9.17, 15) is 19.5 Å². The fourth-order valence-electron chi connectivity index (χ4n) is 7.25. The first-order valence-electron chi connectivity index (χ1n) is 14.3. The highest BCUT2D eigenvalue weighted by molar-refractivity contribution is 6.00. The Balaban J connectivity index is 1.60. The Kier molecular flexibility index (Phi) is 7.46. The first kappa shape index (κ1) is 27.6. The first-order chi connectivity index (χ1) is 18.7. The number of hydrogen-bond donors (Lipinski definition) is 1. The normalized spacial score (nSPS) is 33.5. The van der Waals surface area contributed by atoms with E-state index in [0.717, 1.165) is 18.4 Å². The molecule has 1 N–H and O–H groups in total. The summed E-state index contributed by atoms with van der Waals surface area (Å²) in [6, 6.07) is 8.29. The van der Waals surface area contributed by atoms with Gasteiger partial charge < -0.3 is 24.5 Å². The van der Waals surface area contributed by atoms with Crippen LogP contribution < -0.4 is 0 Å². The van der Waals surface area contributed by atoms with Crippen LogP contribution in [0.1, 0.15) is 52.5 Å². The molecule has 0 aliphatic carbocycles. The van der Waals surface area contributed by atoms with E-state index in [1.165, 1.54) is 0 Å². The average molecular weight is 536 g/mol. The van der Waals surface area contributed by atoms with Crippen molar-refractivity contribution in [3.05, 3.63) is 60.2 Å². The van der Waals surface area contributed by atoms with Gasteiger partial charge in [0.05, 0.1) is 30.1 Å². The highest BCUT2D eigenvalue weighted by atomic mass is 16.5. The number of fused-ring (bicyclic) bond motifs is 2. The van der Waals surface area contributed by atoms with E-state index in [4.69, 9.17) is 4.74 Å². The standard InChI is InChI=1S/C31H41N3O5/c1-5-12-21(3)33-18-11-16-31-25(28(37)34(23(6-2)20-35)26(31)29(33)38)24-27(36)32(17-10-15-30(24,4)39-31)19-22-13-8-7-9-14-22/h7-11,13-16,21,23-26,35H,5-6,12,17-20H2,1-4H3/t21?,23-,24-,25-,26?,30+,31-/m0/s1. The van der Waals surface area contributed by atoms with Crippen LogP contribution in [0.25, 0.3) is 0 Å². The predicted octanol–water partition coefficient (Wildman–Crippen LogP) is 2.91. The quantitative estimate of drug-likeness (QED) is 0.517. The Morgan fingerprint density at radius 1 is 1.00 bits per heavy atom. The molecule has 1 aromatic carbocycles. The van der Waals surface area contributed by atoms with Crippen molar-refractivity contribution in [3.8, 4) is 0 Å². The van der Waals surface area contributed by atoms with Crippen molar-refractivity contribution in [3.63, 3.8) is 0 Å². The maximum absolute atomic E-state index is 14.4. The van der Waals surface area contributed by atoms with Crippen LogP contribution in [-0.2, 0) is 25.7 Å². The van der Waals surface area contributed by atoms with Crippen LogP contribution in [0.5, 0.6) is 0 Å². The second-order valence-electron chi connectivity index (χ2n) is 11.6. The minimum atomic E-state index is -1.30. The molecular weight excluding hydrogens is 494 g/mol. The molecular formula is C31H41N3O5. The summed E-state index contributed by atoms with van der Waals surface area (Å²) >= 11 is 0. The van der Waals surface area contributed by atoms with E-state index in [-0.39, 0.29) is 30.4 Å². The number of ether oxygens (including phenoxy) is 1. The molecule has 0 radical (unpaired) electrons. The minimum Gasteiger partial charge on any atom is -0.394 e. The fraction of sp³-hybridized carbons (Fsp3) is 0.581. The average Bonchev–Trinajstić information content (AvgIpc) is 3.19. The summed E-state index contributed by atoms with van der Waals surface area (Å²) < 4.78 is 6.88. The zero-order chi connectivity index (χ0) is 27.9. The zero-order valence-corrected chi connectivity index (χ0v) is 23.5. The Hall–Kier alpha value is -2.97. The number of carbonyl (C=O) groups excluding carboxylic acids is 3. The zero-order valence-electron chi connectivity index (χ0n) is 23.5. The predicted molar refractivity (Wildman–Crippen MR) is 147 cm³/mol. The van der Waals surface area contributed by atoms with Crippen LogP contribution in [0.15, 0.2) is 54.6 Å². The van der Waals surface area contributed by atoms with Gasteiger partial charge in [-0.05, 0) is 32.3 Å². The van der Waals surface area contributed by atoms with Gasteiger partial charge in [0.1, 0.15) is 11.6 Å². The monoisotopic (exact) mass is 535 g/mol. The van der Waals surface area contributed by atoms with E-state index < -0.39 is 35.1 Å². The second kappa shape index (κ2) is 10.5. The van der Waals surface area contributed by atoms with E-state index in [1.807, 2.05) is 80.3 Å². The molecule has 7 atom stereocenters. The molecule has 8 nitrogen and oxygen atoms in total. The third-order valence-electron chi connectivity index (χ3n) is 9.14. The summed E-state index contributed by atoms with van der Waals surface area (Å²) in [6.45, 7) is 8.86. The maximum Gasteiger partial charge on any atom is 0.249 e. The van der Waals surface area contributed by atoms with Crippen LogP contribution in [-0.4, -0.2) is 86.6 Å². The smallest absolute Gasteiger partial charge is 0.249 e. The van der Waals surface area contributed by atoms with Gasteiger partial charge in [-0.25, -0.2) is 0 Å². The molecule has 2 unspecified atom stereocenters. The van der Waals surface area contributed by atoms with E-state index in [1.54, 1.807) is 9.80 Å². The van der Waals surface area contributed by atoms with Crippen molar-refractivity contribution in [1.29, 1.82) is 0 Å². The largest absolute Gasteiger partial charge is 0.394 e. The Morgan fingerprint density at radius 3 is 2.38 bits per heavy atom. The summed E-state index contributed by atoms with van der Waals surface area (Å²) in [4.78, 5) is 48.2. The molecule has 0 bridgehead atoms. The summed E-state index contributed by atoms with van der Waals surface area (Å²) in [5, 5.41) is 10.3. The number of benzene rings is 1. The van der Waals surface area contributed by atoms with Crippen molar-refractivity contribution in [2.45, 2.75) is 82.8 Å². The summed E-state index contributed by atoms with van der Waals surface area (Å²) in [7, 11) is 0. The Morgan fingerprint density at radius 2 is 1.72 bits per heavy atom. The second-order valence-corrected chi connectivity index (χ2v) is 11.6. The topological polar surface area (TPSA) is 90.4 Å². The van der Waals surface area contributed by atoms with Crippen molar-refractivity contribution >= 4 is 17.7 Å². The van der Waals surface area contributed by atoms with Crippen molar-refractivity contribution in [1.82, 2.24) is 14.7 Å². The first-order valence-corrected chi connectivity index (χ1v) is 14.3. The molecule has 4 heterocycles. The molecule has 39 heavy (non-hydrogen) atoms. The van der Waals surface area contributed by atoms with Gasteiger partial charge in [-0.3, -0.25) is 14.4 Å². The summed E-state index contributed by atoms with van der Waals surface area (Å²) in [5.74, 6) is -2.29. The van der Waals surface area contributed by atoms with E-state index in [0.29, 0.717) is 26.1 Å². The molecule has 8 heteroatoms. The van der Waals surface area contributed by atoms with Crippen molar-refractivity contribution in [2.75, 3.05) is 19.7 Å². The van der Waals surface area contributed by atoms with Gasteiger partial charge in [0.15, 0.2) is 0 Å². The molecule has 1 aromatic rings. The lowest BCUT2D eigenvalue weighted by atomic mass is 9.74. The molecule has 4 aliphatic heterocycles. The van der Waals surface area contributed by atoms with Crippen LogP contribution in [0.3, 0.4) is 0 Å². The van der Waals surface area contributed by atoms with Crippen LogP contribution in [0.4, 0.5) is 0 Å². The lowest BCUT2D eigenvalue weighted by molar-refractivity contribution is -0.157. The van der Waals surface area contributed by atoms with Gasteiger partial charge in [-0.15, -0.1) is 0 Å². The Labute approximate surface area is 231 Å². The molecule has 0 saturated carbocycles. The number of nitrogens with zero attached hydrogens (tertiary/aromatic N) is 3. The van der Waals surface area contributed by atoms with Crippen LogP contribution in [0.2, 0.25) is 0 Å². The Bertz CT molecular complexity index is 1160. The van der Waals surface area contributed by atoms with Crippen LogP contribution in [0, 0.1) is 11.8 Å². The third kappa shape index (κ3) is 4.32. The lowest BCUT2D eigenvalue weighted by Crippen LogP contribution is -2.59. The number of aliphatic hydroxyl groups excluding tert-OH is 1. The molecule has 4 aliphatic rings. The highest BCUT2D eigenvalue weighted by Gasteiger charge is 2.75. The number of likely N-dealkylation sites (tertiary alicyclic amines) is 1. The van der Waals surface area contributed by atoms with Gasteiger partial charge >= 0.3 is 0 Å². The molecule has 210 valence electrons. The third-order valence-corrected chi connectivity index (χ3v) is 9.14. The number of hydrogen-bond acceptors (Lipinski definition) is 5. The molecule has 1 spiro atoms. The molecule has 3 amide bonds. The maximum atomic E-state index is 14.4. The van der Waals surface area contributed by atoms with Gasteiger partial charge in [0, 0.05) is 25.7 Å². The lowest BCUT2D eigenvalue weighted by Gasteiger charge is -2.41. The van der Waals surface area contributed by atoms with Gasteiger partial charge in [0.2, 0.25) is 17.7 Å². The highest BCUT2D eigenvalue weighted by Crippen LogP contribution is 2.58. The molecule has 5 rings (SSSR count). The van der Waals surface area contributed by atoms with E-state index >= 15 is 0 Å².